The number of hydrogen-bond acceptors (Lipinski definition) is 5. The van der Waals surface area contributed by atoms with E-state index in [0.717, 1.165) is 5.56 Å². The lowest BCUT2D eigenvalue weighted by Crippen LogP contribution is -2.06. The van der Waals surface area contributed by atoms with Crippen LogP contribution >= 0.6 is 23.2 Å². The van der Waals surface area contributed by atoms with Gasteiger partial charge in [-0.1, -0.05) is 53.5 Å². The Morgan fingerprint density at radius 1 is 1.14 bits per heavy atom. The second kappa shape index (κ2) is 7.66. The van der Waals surface area contributed by atoms with Gasteiger partial charge in [0, 0.05) is 29.3 Å². The molecule has 0 saturated carbocycles. The fourth-order valence-electron chi connectivity index (χ4n) is 2.81. The van der Waals surface area contributed by atoms with E-state index in [1.165, 1.54) is 17.7 Å². The van der Waals surface area contributed by atoms with E-state index in [0.29, 0.717) is 26.9 Å². The van der Waals surface area contributed by atoms with E-state index in [1.54, 1.807) is 24.4 Å². The smallest absolute Gasteiger partial charge is 0.363 e. The standard InChI is InChI=1S/C21H13Cl2N3O3/c1-12(27)26-11-14(19(25-26)13-5-3-2-4-6-13)9-18-21(28)29-20(24-18)16-8-7-15(22)10-17(16)23/h2-11H,1H3/b18-9+. The van der Waals surface area contributed by atoms with Crippen molar-refractivity contribution < 1.29 is 14.3 Å². The molecule has 144 valence electrons. The third-order valence-corrected chi connectivity index (χ3v) is 4.73. The summed E-state index contributed by atoms with van der Waals surface area (Å²) in [7, 11) is 0. The number of aliphatic imine (C=N–C) groups is 1. The van der Waals surface area contributed by atoms with Crippen molar-refractivity contribution in [3.8, 4) is 11.3 Å². The van der Waals surface area contributed by atoms with Crippen LogP contribution in [0.2, 0.25) is 10.0 Å². The molecule has 0 N–H and O–H groups in total. The molecule has 0 unspecified atom stereocenters. The molecular formula is C21H13Cl2N3O3. The Labute approximate surface area is 176 Å². The van der Waals surface area contributed by atoms with Crippen molar-refractivity contribution in [3.63, 3.8) is 0 Å². The van der Waals surface area contributed by atoms with Crippen molar-refractivity contribution >= 4 is 47.1 Å². The van der Waals surface area contributed by atoms with Gasteiger partial charge in [0.1, 0.15) is 5.69 Å². The number of carbonyl (C=O) groups excluding carboxylic acids is 2. The van der Waals surface area contributed by atoms with Crippen molar-refractivity contribution in [2.45, 2.75) is 6.92 Å². The highest BCUT2D eigenvalue weighted by Crippen LogP contribution is 2.28. The Bertz CT molecular complexity index is 1200. The van der Waals surface area contributed by atoms with Crippen molar-refractivity contribution in [2.24, 2.45) is 4.99 Å². The lowest BCUT2D eigenvalue weighted by molar-refractivity contribution is -0.129. The predicted octanol–water partition coefficient (Wildman–Crippen LogP) is 4.86. The van der Waals surface area contributed by atoms with Gasteiger partial charge >= 0.3 is 5.97 Å². The molecular weight excluding hydrogens is 413 g/mol. The molecule has 2 aromatic carbocycles. The van der Waals surface area contributed by atoms with Crippen molar-refractivity contribution in [3.05, 3.63) is 81.6 Å². The number of benzene rings is 2. The summed E-state index contributed by atoms with van der Waals surface area (Å²) in [5.41, 5.74) is 2.44. The Morgan fingerprint density at radius 3 is 2.59 bits per heavy atom. The molecule has 0 spiro atoms. The first kappa shape index (κ1) is 19.1. The summed E-state index contributed by atoms with van der Waals surface area (Å²) < 4.78 is 6.49. The van der Waals surface area contributed by atoms with Gasteiger partial charge in [-0.05, 0) is 24.3 Å². The van der Waals surface area contributed by atoms with Gasteiger partial charge in [0.2, 0.25) is 11.8 Å². The summed E-state index contributed by atoms with van der Waals surface area (Å²) >= 11 is 12.1. The number of hydrogen-bond donors (Lipinski definition) is 0. The number of carbonyl (C=O) groups is 2. The Balaban J connectivity index is 1.78. The van der Waals surface area contributed by atoms with E-state index < -0.39 is 5.97 Å². The number of esters is 1. The van der Waals surface area contributed by atoms with Gasteiger partial charge in [0.05, 0.1) is 10.6 Å². The van der Waals surface area contributed by atoms with E-state index >= 15 is 0 Å². The Kier molecular flexibility index (Phi) is 5.05. The molecule has 8 heteroatoms. The van der Waals surface area contributed by atoms with Gasteiger partial charge in [-0.3, -0.25) is 4.79 Å². The average molecular weight is 426 g/mol. The van der Waals surface area contributed by atoms with Gasteiger partial charge in [0.25, 0.3) is 0 Å². The summed E-state index contributed by atoms with van der Waals surface area (Å²) in [4.78, 5) is 28.4. The van der Waals surface area contributed by atoms with Gasteiger partial charge in [-0.15, -0.1) is 0 Å². The molecule has 6 nitrogen and oxygen atoms in total. The number of rotatable bonds is 3. The second-order valence-electron chi connectivity index (χ2n) is 6.22. The lowest BCUT2D eigenvalue weighted by Gasteiger charge is -2.02. The van der Waals surface area contributed by atoms with Gasteiger partial charge < -0.3 is 4.74 Å². The largest absolute Gasteiger partial charge is 0.402 e. The molecule has 0 aliphatic carbocycles. The number of cyclic esters (lactones) is 1. The van der Waals surface area contributed by atoms with Gasteiger partial charge in [0.15, 0.2) is 5.70 Å². The number of aromatic nitrogens is 2. The first-order chi connectivity index (χ1) is 13.9. The first-order valence-electron chi connectivity index (χ1n) is 8.56. The number of halogens is 2. The van der Waals surface area contributed by atoms with Crippen LogP contribution in [0.25, 0.3) is 17.3 Å². The van der Waals surface area contributed by atoms with E-state index in [-0.39, 0.29) is 17.5 Å². The summed E-state index contributed by atoms with van der Waals surface area (Å²) in [6.07, 6.45) is 3.08. The molecule has 0 radical (unpaired) electrons. The third-order valence-electron chi connectivity index (χ3n) is 4.19. The summed E-state index contributed by atoms with van der Waals surface area (Å²) in [5, 5.41) is 5.12. The molecule has 4 rings (SSSR count). The van der Waals surface area contributed by atoms with Gasteiger partial charge in [-0.2, -0.15) is 5.10 Å². The second-order valence-corrected chi connectivity index (χ2v) is 7.07. The fraction of sp³-hybridized carbons (Fsp3) is 0.0476. The van der Waals surface area contributed by atoms with Crippen LogP contribution < -0.4 is 0 Å². The molecule has 29 heavy (non-hydrogen) atoms. The zero-order valence-corrected chi connectivity index (χ0v) is 16.6. The molecule has 0 saturated heterocycles. The average Bonchev–Trinajstić information content (AvgIpc) is 3.27. The van der Waals surface area contributed by atoms with Crippen LogP contribution in [0.5, 0.6) is 0 Å². The highest BCUT2D eigenvalue weighted by molar-refractivity contribution is 6.37. The molecule has 0 fully saturated rings. The molecule has 2 heterocycles. The summed E-state index contributed by atoms with van der Waals surface area (Å²) in [6, 6.07) is 14.1. The maximum Gasteiger partial charge on any atom is 0.363 e. The van der Waals surface area contributed by atoms with Crippen molar-refractivity contribution in [1.82, 2.24) is 9.78 Å². The van der Waals surface area contributed by atoms with Crippen molar-refractivity contribution in [1.29, 1.82) is 0 Å². The van der Waals surface area contributed by atoms with E-state index in [9.17, 15) is 9.59 Å². The van der Waals surface area contributed by atoms with Crippen LogP contribution in [0.15, 0.2) is 65.4 Å². The van der Waals surface area contributed by atoms with Crippen LogP contribution in [0, 0.1) is 0 Å². The molecule has 1 aliphatic rings. The maximum atomic E-state index is 12.4. The first-order valence-corrected chi connectivity index (χ1v) is 9.32. The third kappa shape index (κ3) is 3.85. The quantitative estimate of drug-likeness (QED) is 0.443. The Morgan fingerprint density at radius 2 is 1.90 bits per heavy atom. The predicted molar refractivity (Wildman–Crippen MR) is 111 cm³/mol. The minimum atomic E-state index is -0.624. The topological polar surface area (TPSA) is 73.6 Å². The zero-order valence-electron chi connectivity index (χ0n) is 15.1. The lowest BCUT2D eigenvalue weighted by atomic mass is 10.1. The molecule has 0 amide bonds. The summed E-state index contributed by atoms with van der Waals surface area (Å²) in [5.74, 6) is -0.790. The van der Waals surface area contributed by atoms with Crippen LogP contribution in [0.1, 0.15) is 22.8 Å². The molecule has 1 aliphatic heterocycles. The molecule has 0 bridgehead atoms. The molecule has 3 aromatic rings. The summed E-state index contributed by atoms with van der Waals surface area (Å²) in [6.45, 7) is 1.40. The monoisotopic (exact) mass is 425 g/mol. The van der Waals surface area contributed by atoms with E-state index in [4.69, 9.17) is 27.9 Å². The highest BCUT2D eigenvalue weighted by Gasteiger charge is 2.26. The van der Waals surface area contributed by atoms with Crippen LogP contribution in [-0.4, -0.2) is 27.6 Å². The minimum Gasteiger partial charge on any atom is -0.402 e. The number of nitrogens with zero attached hydrogens (tertiary/aromatic N) is 3. The molecule has 1 aromatic heterocycles. The Hall–Kier alpha value is -3.22. The SMILES string of the molecule is CC(=O)n1cc(/C=C2/N=C(c3ccc(Cl)cc3Cl)OC2=O)c(-c2ccccc2)n1. The number of ether oxygens (including phenoxy) is 1. The van der Waals surface area contributed by atoms with Crippen LogP contribution in [0.3, 0.4) is 0 Å². The zero-order chi connectivity index (χ0) is 20.5. The fourth-order valence-corrected chi connectivity index (χ4v) is 3.30. The van der Waals surface area contributed by atoms with Gasteiger partial charge in [-0.25, -0.2) is 14.5 Å². The van der Waals surface area contributed by atoms with Crippen LogP contribution in [-0.2, 0) is 9.53 Å². The highest BCUT2D eigenvalue weighted by atomic mass is 35.5. The minimum absolute atomic E-state index is 0.0753. The maximum absolute atomic E-state index is 12.4. The van der Waals surface area contributed by atoms with Crippen LogP contribution in [0.4, 0.5) is 0 Å². The van der Waals surface area contributed by atoms with E-state index in [2.05, 4.69) is 10.1 Å². The van der Waals surface area contributed by atoms with Crippen molar-refractivity contribution in [2.75, 3.05) is 0 Å². The van der Waals surface area contributed by atoms with E-state index in [1.807, 2.05) is 30.3 Å². The normalized spacial score (nSPS) is 14.8. The molecule has 0 atom stereocenters.